The van der Waals surface area contributed by atoms with E-state index in [1.807, 2.05) is 0 Å². The minimum atomic E-state index is -0.908. The van der Waals surface area contributed by atoms with Gasteiger partial charge in [0.15, 0.2) is 6.61 Å². The van der Waals surface area contributed by atoms with Crippen LogP contribution in [0.2, 0.25) is 0 Å². The quantitative estimate of drug-likeness (QED) is 0.883. The second kappa shape index (κ2) is 7.59. The van der Waals surface area contributed by atoms with Crippen molar-refractivity contribution >= 4 is 11.9 Å². The predicted octanol–water partition coefficient (Wildman–Crippen LogP) is 2.59. The highest BCUT2D eigenvalue weighted by atomic mass is 19.1. The first-order valence-corrected chi connectivity index (χ1v) is 7.30. The summed E-state index contributed by atoms with van der Waals surface area (Å²) >= 11 is 0. The Balaban J connectivity index is 2.18. The van der Waals surface area contributed by atoms with Crippen LogP contribution < -0.4 is 4.74 Å². The summed E-state index contributed by atoms with van der Waals surface area (Å²) in [5.74, 6) is -1.35. The van der Waals surface area contributed by atoms with Crippen molar-refractivity contribution in [1.29, 1.82) is 0 Å². The van der Waals surface area contributed by atoms with E-state index in [0.29, 0.717) is 11.1 Å². The molecule has 5 nitrogen and oxygen atoms in total. The summed E-state index contributed by atoms with van der Waals surface area (Å²) in [5.41, 5.74) is 1.98. The lowest BCUT2D eigenvalue weighted by Gasteiger charge is -2.12. The first-order valence-electron chi connectivity index (χ1n) is 7.30. The molecule has 0 fully saturated rings. The van der Waals surface area contributed by atoms with Crippen molar-refractivity contribution in [2.75, 3.05) is 20.7 Å². The standard InChI is InChI=1S/C18H18FNO4/c1-20(2)17(21)11-24-16-9-14(8-15(19)10-16)13-5-3-12(4-6-13)7-18(22)23/h3-6,8-10H,7,11H2,1-2H3,(H,22,23). The largest absolute Gasteiger partial charge is 0.484 e. The van der Waals surface area contributed by atoms with E-state index in [2.05, 4.69) is 0 Å². The molecule has 6 heteroatoms. The Labute approximate surface area is 139 Å². The molecule has 0 saturated heterocycles. The van der Waals surface area contributed by atoms with E-state index in [9.17, 15) is 14.0 Å². The summed E-state index contributed by atoms with van der Waals surface area (Å²) < 4.78 is 19.1. The molecule has 2 aromatic carbocycles. The van der Waals surface area contributed by atoms with Crippen LogP contribution in [0.4, 0.5) is 4.39 Å². The van der Waals surface area contributed by atoms with Crippen LogP contribution >= 0.6 is 0 Å². The molecule has 0 aliphatic heterocycles. The average Bonchev–Trinajstić information content (AvgIpc) is 2.52. The molecular weight excluding hydrogens is 313 g/mol. The third kappa shape index (κ3) is 4.81. The third-order valence-electron chi connectivity index (χ3n) is 3.38. The Hall–Kier alpha value is -2.89. The van der Waals surface area contributed by atoms with Gasteiger partial charge >= 0.3 is 5.97 Å². The van der Waals surface area contributed by atoms with Crippen molar-refractivity contribution in [2.45, 2.75) is 6.42 Å². The van der Waals surface area contributed by atoms with E-state index in [4.69, 9.17) is 9.84 Å². The Morgan fingerprint density at radius 3 is 2.33 bits per heavy atom. The fourth-order valence-electron chi connectivity index (χ4n) is 2.08. The molecule has 0 radical (unpaired) electrons. The first-order chi connectivity index (χ1) is 11.3. The van der Waals surface area contributed by atoms with E-state index in [1.165, 1.54) is 17.0 Å². The molecule has 2 rings (SSSR count). The van der Waals surface area contributed by atoms with Gasteiger partial charge in [0.25, 0.3) is 5.91 Å². The van der Waals surface area contributed by atoms with Crippen LogP contribution in [0.25, 0.3) is 11.1 Å². The van der Waals surface area contributed by atoms with E-state index in [-0.39, 0.29) is 24.7 Å². The fraction of sp³-hybridized carbons (Fsp3) is 0.222. The second-order valence-electron chi connectivity index (χ2n) is 5.52. The SMILES string of the molecule is CN(C)C(=O)COc1cc(F)cc(-c2ccc(CC(=O)O)cc2)c1. The normalized spacial score (nSPS) is 10.3. The fourth-order valence-corrected chi connectivity index (χ4v) is 2.08. The first kappa shape index (κ1) is 17.5. The van der Waals surface area contributed by atoms with E-state index in [1.54, 1.807) is 44.4 Å². The predicted molar refractivity (Wildman–Crippen MR) is 87.4 cm³/mol. The van der Waals surface area contributed by atoms with Gasteiger partial charge in [-0.05, 0) is 28.8 Å². The summed E-state index contributed by atoms with van der Waals surface area (Å²) in [6.45, 7) is -0.173. The van der Waals surface area contributed by atoms with Gasteiger partial charge in [0.05, 0.1) is 6.42 Å². The number of carboxylic acid groups (broad SMARTS) is 1. The number of nitrogens with zero attached hydrogens (tertiary/aromatic N) is 1. The molecule has 2 aromatic rings. The Kier molecular flexibility index (Phi) is 5.52. The van der Waals surface area contributed by atoms with Crippen molar-refractivity contribution in [2.24, 2.45) is 0 Å². The van der Waals surface area contributed by atoms with Crippen LogP contribution in [0, 0.1) is 5.82 Å². The van der Waals surface area contributed by atoms with Crippen LogP contribution in [0.15, 0.2) is 42.5 Å². The number of likely N-dealkylation sites (N-methyl/N-ethyl adjacent to an activating group) is 1. The van der Waals surface area contributed by atoms with Gasteiger partial charge in [-0.2, -0.15) is 0 Å². The summed E-state index contributed by atoms with van der Waals surface area (Å²) in [6.07, 6.45) is -0.0650. The lowest BCUT2D eigenvalue weighted by atomic mass is 10.0. The number of aliphatic carboxylic acids is 1. The molecular formula is C18H18FNO4. The number of carboxylic acids is 1. The lowest BCUT2D eigenvalue weighted by Crippen LogP contribution is -2.27. The number of carbonyl (C=O) groups is 2. The molecule has 24 heavy (non-hydrogen) atoms. The minimum absolute atomic E-state index is 0.0650. The molecule has 0 heterocycles. The van der Waals surface area contributed by atoms with Crippen molar-refractivity contribution in [1.82, 2.24) is 4.90 Å². The van der Waals surface area contributed by atoms with Crippen LogP contribution in [0.3, 0.4) is 0 Å². The highest BCUT2D eigenvalue weighted by Crippen LogP contribution is 2.26. The Morgan fingerprint density at radius 1 is 1.08 bits per heavy atom. The Bertz CT molecular complexity index is 741. The Morgan fingerprint density at radius 2 is 1.75 bits per heavy atom. The van der Waals surface area contributed by atoms with Crippen molar-refractivity contribution in [3.63, 3.8) is 0 Å². The maximum atomic E-state index is 13.8. The third-order valence-corrected chi connectivity index (χ3v) is 3.38. The van der Waals surface area contributed by atoms with Crippen LogP contribution in [0.1, 0.15) is 5.56 Å². The number of carbonyl (C=O) groups excluding carboxylic acids is 1. The van der Waals surface area contributed by atoms with Gasteiger partial charge < -0.3 is 14.7 Å². The number of hydrogen-bond donors (Lipinski definition) is 1. The number of amides is 1. The van der Waals surface area contributed by atoms with Crippen LogP contribution in [-0.4, -0.2) is 42.6 Å². The summed E-state index contributed by atoms with van der Waals surface area (Å²) in [4.78, 5) is 23.6. The molecule has 0 bridgehead atoms. The molecule has 0 aromatic heterocycles. The zero-order valence-electron chi connectivity index (χ0n) is 13.5. The number of halogens is 1. The smallest absolute Gasteiger partial charge is 0.307 e. The summed E-state index contributed by atoms with van der Waals surface area (Å²) in [5, 5.41) is 8.77. The van der Waals surface area contributed by atoms with Crippen molar-refractivity contribution in [3.8, 4) is 16.9 Å². The average molecular weight is 331 g/mol. The molecule has 0 atom stereocenters. The zero-order chi connectivity index (χ0) is 17.7. The number of hydrogen-bond acceptors (Lipinski definition) is 3. The highest BCUT2D eigenvalue weighted by Gasteiger charge is 2.09. The van der Waals surface area contributed by atoms with Crippen molar-refractivity contribution < 1.29 is 23.8 Å². The maximum absolute atomic E-state index is 13.8. The molecule has 126 valence electrons. The molecule has 0 saturated carbocycles. The molecule has 0 unspecified atom stereocenters. The lowest BCUT2D eigenvalue weighted by molar-refractivity contribution is -0.136. The van der Waals surface area contributed by atoms with Gasteiger partial charge in [-0.3, -0.25) is 9.59 Å². The van der Waals surface area contributed by atoms with Crippen LogP contribution in [0.5, 0.6) is 5.75 Å². The molecule has 1 N–H and O–H groups in total. The van der Waals surface area contributed by atoms with E-state index < -0.39 is 11.8 Å². The van der Waals surface area contributed by atoms with Crippen LogP contribution in [-0.2, 0) is 16.0 Å². The van der Waals surface area contributed by atoms with Gasteiger partial charge in [-0.15, -0.1) is 0 Å². The maximum Gasteiger partial charge on any atom is 0.307 e. The topological polar surface area (TPSA) is 66.8 Å². The zero-order valence-corrected chi connectivity index (χ0v) is 13.5. The van der Waals surface area contributed by atoms with Gasteiger partial charge in [-0.25, -0.2) is 4.39 Å². The van der Waals surface area contributed by atoms with Gasteiger partial charge in [0.1, 0.15) is 11.6 Å². The minimum Gasteiger partial charge on any atom is -0.484 e. The molecule has 0 spiro atoms. The van der Waals surface area contributed by atoms with Gasteiger partial charge in [-0.1, -0.05) is 24.3 Å². The summed E-state index contributed by atoms with van der Waals surface area (Å²) in [6, 6.07) is 11.0. The molecule has 0 aliphatic rings. The van der Waals surface area contributed by atoms with Crippen molar-refractivity contribution in [3.05, 3.63) is 53.8 Å². The molecule has 1 amide bonds. The summed E-state index contributed by atoms with van der Waals surface area (Å²) in [7, 11) is 3.22. The monoisotopic (exact) mass is 331 g/mol. The van der Waals surface area contributed by atoms with Gasteiger partial charge in [0, 0.05) is 20.2 Å². The highest BCUT2D eigenvalue weighted by molar-refractivity contribution is 5.77. The van der Waals surface area contributed by atoms with E-state index in [0.717, 1.165) is 5.56 Å². The number of ether oxygens (including phenoxy) is 1. The van der Waals surface area contributed by atoms with Gasteiger partial charge in [0.2, 0.25) is 0 Å². The number of benzene rings is 2. The second-order valence-corrected chi connectivity index (χ2v) is 5.52. The molecule has 0 aliphatic carbocycles. The van der Waals surface area contributed by atoms with E-state index >= 15 is 0 Å². The number of rotatable bonds is 6.